The molecule has 0 unspecified atom stereocenters. The van der Waals surface area contributed by atoms with E-state index in [1.165, 1.54) is 5.56 Å². The lowest BCUT2D eigenvalue weighted by atomic mass is 10.0. The SMILES string of the molecule is Cc1ccc(-c2cn(-c3ccc(CC(=O)O)cc3)nn2)c(C)c1. The van der Waals surface area contributed by atoms with E-state index < -0.39 is 5.97 Å². The maximum atomic E-state index is 10.7. The van der Waals surface area contributed by atoms with Gasteiger partial charge in [0, 0.05) is 5.56 Å². The molecule has 0 fully saturated rings. The Kier molecular flexibility index (Phi) is 3.93. The highest BCUT2D eigenvalue weighted by molar-refractivity contribution is 5.70. The minimum Gasteiger partial charge on any atom is -0.481 e. The topological polar surface area (TPSA) is 68.0 Å². The molecule has 0 atom stereocenters. The third-order valence-electron chi connectivity index (χ3n) is 3.71. The van der Waals surface area contributed by atoms with Gasteiger partial charge in [-0.15, -0.1) is 5.10 Å². The molecule has 0 bridgehead atoms. The fourth-order valence-corrected chi connectivity index (χ4v) is 2.56. The fourth-order valence-electron chi connectivity index (χ4n) is 2.56. The minimum absolute atomic E-state index is 0.0193. The average molecular weight is 307 g/mol. The third-order valence-corrected chi connectivity index (χ3v) is 3.71. The molecule has 5 nitrogen and oxygen atoms in total. The van der Waals surface area contributed by atoms with Gasteiger partial charge in [0.1, 0.15) is 5.69 Å². The number of nitrogens with zero attached hydrogens (tertiary/aromatic N) is 3. The second kappa shape index (κ2) is 6.04. The van der Waals surface area contributed by atoms with Crippen LogP contribution in [0.2, 0.25) is 0 Å². The molecule has 5 heteroatoms. The monoisotopic (exact) mass is 307 g/mol. The first-order chi connectivity index (χ1) is 11.0. The minimum atomic E-state index is -0.837. The molecule has 3 aromatic rings. The Balaban J connectivity index is 1.88. The normalized spacial score (nSPS) is 10.7. The van der Waals surface area contributed by atoms with Crippen LogP contribution in [-0.2, 0) is 11.2 Å². The van der Waals surface area contributed by atoms with Crippen molar-refractivity contribution in [3.8, 4) is 16.9 Å². The Labute approximate surface area is 134 Å². The largest absolute Gasteiger partial charge is 0.481 e. The van der Waals surface area contributed by atoms with Gasteiger partial charge in [-0.05, 0) is 37.1 Å². The second-order valence-electron chi connectivity index (χ2n) is 5.60. The molecule has 23 heavy (non-hydrogen) atoms. The van der Waals surface area contributed by atoms with Crippen LogP contribution in [0.4, 0.5) is 0 Å². The summed E-state index contributed by atoms with van der Waals surface area (Å²) in [4.78, 5) is 10.7. The number of aliphatic carboxylic acids is 1. The molecule has 3 rings (SSSR count). The van der Waals surface area contributed by atoms with E-state index in [0.29, 0.717) is 0 Å². The van der Waals surface area contributed by atoms with E-state index >= 15 is 0 Å². The second-order valence-corrected chi connectivity index (χ2v) is 5.60. The van der Waals surface area contributed by atoms with Crippen molar-refractivity contribution in [1.82, 2.24) is 15.0 Å². The number of rotatable bonds is 4. The fraction of sp³-hybridized carbons (Fsp3) is 0.167. The zero-order valence-corrected chi connectivity index (χ0v) is 13.0. The van der Waals surface area contributed by atoms with Crippen LogP contribution in [-0.4, -0.2) is 26.1 Å². The van der Waals surface area contributed by atoms with Crippen molar-refractivity contribution in [2.24, 2.45) is 0 Å². The third kappa shape index (κ3) is 3.29. The molecule has 116 valence electrons. The molecule has 0 radical (unpaired) electrons. The smallest absolute Gasteiger partial charge is 0.307 e. The quantitative estimate of drug-likeness (QED) is 0.804. The van der Waals surface area contributed by atoms with Crippen LogP contribution in [0.5, 0.6) is 0 Å². The van der Waals surface area contributed by atoms with Gasteiger partial charge >= 0.3 is 5.97 Å². The predicted molar refractivity (Wildman–Crippen MR) is 87.6 cm³/mol. The first-order valence-electron chi connectivity index (χ1n) is 7.34. The van der Waals surface area contributed by atoms with Gasteiger partial charge in [-0.3, -0.25) is 4.79 Å². The number of carbonyl (C=O) groups is 1. The van der Waals surface area contributed by atoms with Crippen molar-refractivity contribution in [2.45, 2.75) is 20.3 Å². The lowest BCUT2D eigenvalue weighted by molar-refractivity contribution is -0.136. The molecule has 0 saturated carbocycles. The molecule has 0 aliphatic heterocycles. The molecule has 0 spiro atoms. The molecule has 0 aliphatic carbocycles. The number of benzene rings is 2. The van der Waals surface area contributed by atoms with Crippen LogP contribution < -0.4 is 0 Å². The van der Waals surface area contributed by atoms with E-state index in [2.05, 4.69) is 42.4 Å². The summed E-state index contributed by atoms with van der Waals surface area (Å²) in [6.45, 7) is 4.12. The summed E-state index contributed by atoms with van der Waals surface area (Å²) < 4.78 is 1.69. The first kappa shape index (κ1) is 15.0. The molecule has 0 aliphatic rings. The number of hydrogen-bond acceptors (Lipinski definition) is 3. The molecular weight excluding hydrogens is 290 g/mol. The van der Waals surface area contributed by atoms with Crippen LogP contribution in [0.1, 0.15) is 16.7 Å². The number of carboxylic acids is 1. The summed E-state index contributed by atoms with van der Waals surface area (Å²) in [7, 11) is 0. The summed E-state index contributed by atoms with van der Waals surface area (Å²) in [6, 6.07) is 13.5. The maximum absolute atomic E-state index is 10.7. The Morgan fingerprint density at radius 2 is 1.87 bits per heavy atom. The number of carboxylic acid groups (broad SMARTS) is 1. The van der Waals surface area contributed by atoms with Gasteiger partial charge in [0.2, 0.25) is 0 Å². The Hall–Kier alpha value is -2.95. The van der Waals surface area contributed by atoms with E-state index in [1.807, 2.05) is 18.3 Å². The Bertz CT molecular complexity index is 851. The summed E-state index contributed by atoms with van der Waals surface area (Å²) in [5.41, 5.74) is 5.86. The van der Waals surface area contributed by atoms with Gasteiger partial charge in [0.15, 0.2) is 0 Å². The van der Waals surface area contributed by atoms with Crippen LogP contribution in [0, 0.1) is 13.8 Å². The molecule has 0 saturated heterocycles. The van der Waals surface area contributed by atoms with Gasteiger partial charge in [-0.1, -0.05) is 41.1 Å². The Morgan fingerprint density at radius 3 is 2.52 bits per heavy atom. The van der Waals surface area contributed by atoms with Crippen molar-refractivity contribution in [3.63, 3.8) is 0 Å². The molecule has 1 aromatic heterocycles. The summed E-state index contributed by atoms with van der Waals surface area (Å²) >= 11 is 0. The summed E-state index contributed by atoms with van der Waals surface area (Å²) in [5, 5.41) is 17.2. The highest BCUT2D eigenvalue weighted by Gasteiger charge is 2.08. The summed E-state index contributed by atoms with van der Waals surface area (Å²) in [6.07, 6.45) is 1.90. The number of aromatic nitrogens is 3. The first-order valence-corrected chi connectivity index (χ1v) is 7.34. The van der Waals surface area contributed by atoms with Gasteiger partial charge in [-0.2, -0.15) is 0 Å². The van der Waals surface area contributed by atoms with E-state index in [0.717, 1.165) is 28.1 Å². The van der Waals surface area contributed by atoms with Gasteiger partial charge < -0.3 is 5.11 Å². The van der Waals surface area contributed by atoms with Crippen molar-refractivity contribution in [3.05, 3.63) is 65.4 Å². The summed E-state index contributed by atoms with van der Waals surface area (Å²) in [5.74, 6) is -0.837. The van der Waals surface area contributed by atoms with E-state index in [1.54, 1.807) is 16.8 Å². The van der Waals surface area contributed by atoms with Crippen LogP contribution in [0.15, 0.2) is 48.7 Å². The molecule has 1 N–H and O–H groups in total. The van der Waals surface area contributed by atoms with Gasteiger partial charge in [-0.25, -0.2) is 4.68 Å². The Morgan fingerprint density at radius 1 is 1.13 bits per heavy atom. The lowest BCUT2D eigenvalue weighted by Gasteiger charge is -2.03. The zero-order valence-electron chi connectivity index (χ0n) is 13.0. The number of hydrogen-bond donors (Lipinski definition) is 1. The van der Waals surface area contributed by atoms with Crippen LogP contribution in [0.3, 0.4) is 0 Å². The van der Waals surface area contributed by atoms with Gasteiger partial charge in [0.25, 0.3) is 0 Å². The standard InChI is InChI=1S/C18H17N3O2/c1-12-3-8-16(13(2)9-12)17-11-21(20-19-17)15-6-4-14(5-7-15)10-18(22)23/h3-9,11H,10H2,1-2H3,(H,22,23). The highest BCUT2D eigenvalue weighted by atomic mass is 16.4. The molecule has 2 aromatic carbocycles. The van der Waals surface area contributed by atoms with E-state index in [4.69, 9.17) is 5.11 Å². The van der Waals surface area contributed by atoms with Crippen molar-refractivity contribution in [2.75, 3.05) is 0 Å². The maximum Gasteiger partial charge on any atom is 0.307 e. The van der Waals surface area contributed by atoms with Crippen molar-refractivity contribution >= 4 is 5.97 Å². The predicted octanol–water partition coefficient (Wildman–Crippen LogP) is 3.18. The van der Waals surface area contributed by atoms with Gasteiger partial charge in [0.05, 0.1) is 18.3 Å². The molecular formula is C18H17N3O2. The van der Waals surface area contributed by atoms with Crippen LogP contribution in [0.25, 0.3) is 16.9 Å². The van der Waals surface area contributed by atoms with Crippen molar-refractivity contribution < 1.29 is 9.90 Å². The average Bonchev–Trinajstić information content (AvgIpc) is 2.97. The van der Waals surface area contributed by atoms with E-state index in [9.17, 15) is 4.79 Å². The zero-order chi connectivity index (χ0) is 16.4. The van der Waals surface area contributed by atoms with E-state index in [-0.39, 0.29) is 6.42 Å². The molecule has 1 heterocycles. The van der Waals surface area contributed by atoms with Crippen LogP contribution >= 0.6 is 0 Å². The molecule has 0 amide bonds. The number of aryl methyl sites for hydroxylation is 2. The van der Waals surface area contributed by atoms with Crippen molar-refractivity contribution in [1.29, 1.82) is 0 Å². The highest BCUT2D eigenvalue weighted by Crippen LogP contribution is 2.22. The lowest BCUT2D eigenvalue weighted by Crippen LogP contribution is -2.00.